The maximum Gasteiger partial charge on any atom is 0.225 e. The molecule has 0 fully saturated rings. The zero-order valence-electron chi connectivity index (χ0n) is 15.1. The van der Waals surface area contributed by atoms with Gasteiger partial charge in [0.2, 0.25) is 5.91 Å². The van der Waals surface area contributed by atoms with Crippen LogP contribution in [0.25, 0.3) is 0 Å². The van der Waals surface area contributed by atoms with Gasteiger partial charge in [0.15, 0.2) is 0 Å². The van der Waals surface area contributed by atoms with Gasteiger partial charge in [-0.05, 0) is 36.8 Å². The number of hydrogen-bond donors (Lipinski definition) is 4. The number of amides is 1. The molecule has 0 radical (unpaired) electrons. The van der Waals surface area contributed by atoms with Crippen molar-refractivity contribution in [2.75, 3.05) is 13.2 Å². The number of hydrogen-bond acceptors (Lipinski definition) is 6. The molecule has 2 rings (SSSR count). The third-order valence-corrected chi connectivity index (χ3v) is 3.78. The highest BCUT2D eigenvalue weighted by molar-refractivity contribution is 5.78. The number of nitriles is 1. The van der Waals surface area contributed by atoms with Crippen molar-refractivity contribution < 1.29 is 19.7 Å². The average Bonchev–Trinajstić information content (AvgIpc) is 2.66. The Balaban J connectivity index is 1.69. The highest BCUT2D eigenvalue weighted by Gasteiger charge is 2.12. The third kappa shape index (κ3) is 6.98. The molecule has 0 aromatic heterocycles. The first-order chi connectivity index (χ1) is 13.0. The minimum absolute atomic E-state index is 0.0276. The molecule has 1 amide bonds. The molecular weight excluding hydrogens is 346 g/mol. The molecule has 7 heteroatoms. The van der Waals surface area contributed by atoms with Gasteiger partial charge in [-0.1, -0.05) is 24.3 Å². The van der Waals surface area contributed by atoms with Crippen molar-refractivity contribution in [2.24, 2.45) is 0 Å². The normalized spacial score (nSPS) is 12.6. The van der Waals surface area contributed by atoms with E-state index in [1.54, 1.807) is 43.3 Å². The van der Waals surface area contributed by atoms with Gasteiger partial charge in [0.1, 0.15) is 30.3 Å². The van der Waals surface area contributed by atoms with Crippen molar-refractivity contribution in [1.82, 2.24) is 10.6 Å². The van der Waals surface area contributed by atoms with Crippen LogP contribution in [0.5, 0.6) is 11.5 Å². The van der Waals surface area contributed by atoms with Gasteiger partial charge in [0.05, 0.1) is 18.2 Å². The van der Waals surface area contributed by atoms with Crippen molar-refractivity contribution in [2.45, 2.75) is 25.6 Å². The zero-order chi connectivity index (χ0) is 19.6. The summed E-state index contributed by atoms with van der Waals surface area (Å²) in [7, 11) is 0. The highest BCUT2D eigenvalue weighted by atomic mass is 16.5. The maximum absolute atomic E-state index is 12.0. The molecule has 0 aliphatic heterocycles. The molecule has 2 aromatic rings. The lowest BCUT2D eigenvalue weighted by atomic mass is 10.1. The molecule has 0 spiro atoms. The molecule has 142 valence electrons. The van der Waals surface area contributed by atoms with E-state index in [4.69, 9.17) is 10.00 Å². The van der Waals surface area contributed by atoms with Gasteiger partial charge in [0.25, 0.3) is 0 Å². The van der Waals surface area contributed by atoms with Gasteiger partial charge in [-0.25, -0.2) is 0 Å². The van der Waals surface area contributed by atoms with Crippen LogP contribution in [0.15, 0.2) is 48.5 Å². The van der Waals surface area contributed by atoms with E-state index >= 15 is 0 Å². The highest BCUT2D eigenvalue weighted by Crippen LogP contribution is 2.16. The molecule has 27 heavy (non-hydrogen) atoms. The summed E-state index contributed by atoms with van der Waals surface area (Å²) in [5.74, 6) is 0.409. The van der Waals surface area contributed by atoms with E-state index < -0.39 is 6.10 Å². The van der Waals surface area contributed by atoms with E-state index in [1.165, 1.54) is 12.1 Å². The van der Waals surface area contributed by atoms with Crippen LogP contribution in [-0.4, -0.2) is 41.5 Å². The van der Waals surface area contributed by atoms with Crippen LogP contribution in [0.3, 0.4) is 0 Å². The van der Waals surface area contributed by atoms with Crippen molar-refractivity contribution in [3.63, 3.8) is 0 Å². The Labute approximate surface area is 158 Å². The number of aromatic hydroxyl groups is 1. The van der Waals surface area contributed by atoms with E-state index in [-0.39, 0.29) is 37.4 Å². The summed E-state index contributed by atoms with van der Waals surface area (Å²) in [6, 6.07) is 15.3. The number of carbonyl (C=O) groups is 1. The number of ether oxygens (including phenoxy) is 1. The number of aliphatic hydroxyl groups is 1. The zero-order valence-corrected chi connectivity index (χ0v) is 15.1. The fraction of sp³-hybridized carbons (Fsp3) is 0.300. The second-order valence-electron chi connectivity index (χ2n) is 6.11. The molecule has 0 bridgehead atoms. The minimum Gasteiger partial charge on any atom is -0.508 e. The first-order valence-corrected chi connectivity index (χ1v) is 8.58. The third-order valence-electron chi connectivity index (χ3n) is 3.78. The quantitative estimate of drug-likeness (QED) is 0.495. The van der Waals surface area contributed by atoms with E-state index in [0.29, 0.717) is 11.3 Å². The lowest BCUT2D eigenvalue weighted by molar-refractivity contribution is -0.121. The lowest BCUT2D eigenvalue weighted by Gasteiger charge is -2.19. The second kappa shape index (κ2) is 10.2. The molecule has 7 nitrogen and oxygen atoms in total. The van der Waals surface area contributed by atoms with E-state index in [1.807, 2.05) is 6.07 Å². The fourth-order valence-corrected chi connectivity index (χ4v) is 2.39. The Morgan fingerprint density at radius 1 is 1.22 bits per heavy atom. The van der Waals surface area contributed by atoms with Gasteiger partial charge >= 0.3 is 0 Å². The predicted molar refractivity (Wildman–Crippen MR) is 100 cm³/mol. The maximum atomic E-state index is 12.0. The van der Waals surface area contributed by atoms with Crippen LogP contribution in [0.4, 0.5) is 0 Å². The van der Waals surface area contributed by atoms with Crippen LogP contribution in [0, 0.1) is 11.3 Å². The van der Waals surface area contributed by atoms with Crippen LogP contribution in [0.1, 0.15) is 18.1 Å². The number of benzene rings is 2. The molecule has 2 aromatic carbocycles. The van der Waals surface area contributed by atoms with Gasteiger partial charge in [0, 0.05) is 6.54 Å². The first-order valence-electron chi connectivity index (χ1n) is 8.58. The number of para-hydroxylation sites is 1. The average molecular weight is 369 g/mol. The topological polar surface area (TPSA) is 115 Å². The number of nitrogens with one attached hydrogen (secondary N) is 2. The summed E-state index contributed by atoms with van der Waals surface area (Å²) in [6.45, 7) is 2.02. The van der Waals surface area contributed by atoms with Crippen molar-refractivity contribution in [1.29, 1.82) is 5.26 Å². The molecule has 0 aliphatic rings. The van der Waals surface area contributed by atoms with Gasteiger partial charge < -0.3 is 20.3 Å². The monoisotopic (exact) mass is 369 g/mol. The summed E-state index contributed by atoms with van der Waals surface area (Å²) < 4.78 is 5.47. The Bertz CT molecular complexity index is 787. The standard InChI is InChI=1S/C20H23N3O4/c1-14(23-20(26)10-15-6-8-17(24)9-7-15)22-12-18(25)13-27-19-5-3-2-4-16(19)11-21/h2-9,14,18,22,24-25H,10,12-13H2,1H3,(H,23,26). The molecular formula is C20H23N3O4. The summed E-state index contributed by atoms with van der Waals surface area (Å²) >= 11 is 0. The smallest absolute Gasteiger partial charge is 0.225 e. The number of phenols is 1. The Hall–Kier alpha value is -3.08. The van der Waals surface area contributed by atoms with Gasteiger partial charge in [-0.3, -0.25) is 10.1 Å². The number of nitrogens with zero attached hydrogens (tertiary/aromatic N) is 1. The van der Waals surface area contributed by atoms with Crippen molar-refractivity contribution >= 4 is 5.91 Å². The molecule has 0 saturated heterocycles. The van der Waals surface area contributed by atoms with Crippen LogP contribution >= 0.6 is 0 Å². The number of phenolic OH excluding ortho intramolecular Hbond substituents is 1. The predicted octanol–water partition coefficient (Wildman–Crippen LogP) is 1.30. The van der Waals surface area contributed by atoms with Crippen LogP contribution in [-0.2, 0) is 11.2 Å². The minimum atomic E-state index is -0.798. The Kier molecular flexibility index (Phi) is 7.62. The summed E-state index contributed by atoms with van der Waals surface area (Å²) in [4.78, 5) is 12.0. The van der Waals surface area contributed by atoms with Gasteiger partial charge in [-0.2, -0.15) is 5.26 Å². The fourth-order valence-electron chi connectivity index (χ4n) is 2.39. The van der Waals surface area contributed by atoms with E-state index in [0.717, 1.165) is 5.56 Å². The molecule has 0 aliphatic carbocycles. The van der Waals surface area contributed by atoms with Gasteiger partial charge in [-0.15, -0.1) is 0 Å². The van der Waals surface area contributed by atoms with Crippen LogP contribution < -0.4 is 15.4 Å². The largest absolute Gasteiger partial charge is 0.508 e. The summed E-state index contributed by atoms with van der Waals surface area (Å²) in [6.07, 6.45) is -0.938. The molecule has 4 N–H and O–H groups in total. The van der Waals surface area contributed by atoms with Crippen molar-refractivity contribution in [3.8, 4) is 17.6 Å². The number of rotatable bonds is 9. The van der Waals surface area contributed by atoms with E-state index in [2.05, 4.69) is 10.6 Å². The summed E-state index contributed by atoms with van der Waals surface area (Å²) in [5.41, 5.74) is 1.20. The first kappa shape index (κ1) is 20.2. The van der Waals surface area contributed by atoms with Crippen molar-refractivity contribution in [3.05, 3.63) is 59.7 Å². The lowest BCUT2D eigenvalue weighted by Crippen LogP contribution is -2.47. The van der Waals surface area contributed by atoms with E-state index in [9.17, 15) is 15.0 Å². The number of aliphatic hydroxyl groups excluding tert-OH is 1. The SMILES string of the molecule is CC(NCC(O)COc1ccccc1C#N)NC(=O)Cc1ccc(O)cc1. The Morgan fingerprint density at radius 3 is 2.63 bits per heavy atom. The molecule has 2 unspecified atom stereocenters. The Morgan fingerprint density at radius 2 is 1.93 bits per heavy atom. The molecule has 0 saturated carbocycles. The molecule has 2 atom stereocenters. The van der Waals surface area contributed by atoms with Crippen LogP contribution in [0.2, 0.25) is 0 Å². The number of carbonyl (C=O) groups excluding carboxylic acids is 1. The summed E-state index contributed by atoms with van der Waals surface area (Å²) in [5, 5.41) is 34.0. The second-order valence-corrected chi connectivity index (χ2v) is 6.11. The molecule has 0 heterocycles.